The van der Waals surface area contributed by atoms with Crippen LogP contribution >= 0.6 is 0 Å². The third-order valence-electron chi connectivity index (χ3n) is 4.97. The second-order valence-electron chi connectivity index (χ2n) is 6.90. The second kappa shape index (κ2) is 7.32. The van der Waals surface area contributed by atoms with Crippen molar-refractivity contribution in [1.29, 1.82) is 0 Å². The Balaban J connectivity index is 1.52. The molecule has 1 atom stereocenters. The van der Waals surface area contributed by atoms with E-state index in [1.54, 1.807) is 23.1 Å². The highest BCUT2D eigenvalue weighted by Crippen LogP contribution is 2.27. The van der Waals surface area contributed by atoms with Gasteiger partial charge in [0.05, 0.1) is 5.69 Å². The lowest BCUT2D eigenvalue weighted by molar-refractivity contribution is -0.137. The van der Waals surface area contributed by atoms with E-state index < -0.39 is 5.97 Å². The first-order valence-electron chi connectivity index (χ1n) is 9.03. The smallest absolute Gasteiger partial charge is 0.325 e. The van der Waals surface area contributed by atoms with Gasteiger partial charge < -0.3 is 5.11 Å². The molecule has 8 heteroatoms. The van der Waals surface area contributed by atoms with E-state index in [1.165, 1.54) is 4.40 Å². The summed E-state index contributed by atoms with van der Waals surface area (Å²) < 4.78 is 3.10. The number of carbonyl (C=O) groups is 1. The topological polar surface area (TPSA) is 92.7 Å². The summed E-state index contributed by atoms with van der Waals surface area (Å²) >= 11 is 0. The molecule has 4 heterocycles. The summed E-state index contributed by atoms with van der Waals surface area (Å²) in [6.45, 7) is 2.20. The Hall–Kier alpha value is -3.00. The van der Waals surface area contributed by atoms with Gasteiger partial charge in [0.2, 0.25) is 0 Å². The van der Waals surface area contributed by atoms with Gasteiger partial charge in [-0.05, 0) is 37.6 Å². The Morgan fingerprint density at radius 2 is 2.19 bits per heavy atom. The monoisotopic (exact) mass is 367 g/mol. The van der Waals surface area contributed by atoms with Gasteiger partial charge in [0, 0.05) is 43.2 Å². The second-order valence-corrected chi connectivity index (χ2v) is 6.90. The van der Waals surface area contributed by atoms with Gasteiger partial charge >= 0.3 is 5.97 Å². The van der Waals surface area contributed by atoms with Crippen molar-refractivity contribution < 1.29 is 9.90 Å². The van der Waals surface area contributed by atoms with Crippen LogP contribution in [0.4, 0.5) is 0 Å². The molecule has 0 unspecified atom stereocenters. The van der Waals surface area contributed by atoms with E-state index in [1.807, 2.05) is 24.3 Å². The summed E-state index contributed by atoms with van der Waals surface area (Å²) in [5.41, 5.74) is 2.27. The lowest BCUT2D eigenvalue weighted by atomic mass is 9.94. The highest BCUT2D eigenvalue weighted by atomic mass is 16.4. The van der Waals surface area contributed by atoms with Gasteiger partial charge in [0.1, 0.15) is 12.2 Å². The van der Waals surface area contributed by atoms with E-state index in [4.69, 9.17) is 5.11 Å². The van der Waals surface area contributed by atoms with Gasteiger partial charge in [-0.1, -0.05) is 6.07 Å². The van der Waals surface area contributed by atoms with Crippen LogP contribution in [0.3, 0.4) is 0 Å². The lowest BCUT2D eigenvalue weighted by Crippen LogP contribution is -2.35. The molecule has 3 aromatic heterocycles. The molecule has 0 aliphatic carbocycles. The molecule has 0 aromatic carbocycles. The number of hydrogen-bond acceptors (Lipinski definition) is 5. The fraction of sp³-hybridized carbons (Fsp3) is 0.368. The lowest BCUT2D eigenvalue weighted by Gasteiger charge is -2.32. The van der Waals surface area contributed by atoms with Crippen LogP contribution < -0.4 is 5.56 Å². The fourth-order valence-corrected chi connectivity index (χ4v) is 3.80. The number of hydrogen-bond donors (Lipinski definition) is 1. The number of pyridine rings is 1. The van der Waals surface area contributed by atoms with Gasteiger partial charge in [-0.15, -0.1) is 0 Å². The summed E-state index contributed by atoms with van der Waals surface area (Å²) in [6.07, 6.45) is 5.38. The number of carboxylic acid groups (broad SMARTS) is 1. The molecule has 0 spiro atoms. The predicted molar refractivity (Wildman–Crippen MR) is 98.6 cm³/mol. The van der Waals surface area contributed by atoms with Crippen LogP contribution in [-0.4, -0.2) is 48.2 Å². The number of rotatable bonds is 5. The molecule has 3 aromatic rings. The van der Waals surface area contributed by atoms with Gasteiger partial charge in [-0.2, -0.15) is 5.10 Å². The third kappa shape index (κ3) is 3.75. The van der Waals surface area contributed by atoms with Gasteiger partial charge in [0.15, 0.2) is 0 Å². The Morgan fingerprint density at radius 3 is 3.04 bits per heavy atom. The number of likely N-dealkylation sites (tertiary alicyclic amines) is 1. The van der Waals surface area contributed by atoms with Crippen molar-refractivity contribution in [1.82, 2.24) is 24.1 Å². The van der Waals surface area contributed by atoms with Crippen molar-refractivity contribution in [3.63, 3.8) is 0 Å². The van der Waals surface area contributed by atoms with Gasteiger partial charge in [-0.25, -0.2) is 4.98 Å². The molecule has 1 saturated heterocycles. The van der Waals surface area contributed by atoms with Crippen LogP contribution in [-0.2, 0) is 17.9 Å². The fourth-order valence-electron chi connectivity index (χ4n) is 3.80. The summed E-state index contributed by atoms with van der Waals surface area (Å²) in [6, 6.07) is 8.99. The van der Waals surface area contributed by atoms with Gasteiger partial charge in [-0.3, -0.25) is 23.6 Å². The molecule has 0 radical (unpaired) electrons. The molecule has 1 fully saturated rings. The van der Waals surface area contributed by atoms with E-state index in [-0.39, 0.29) is 18.0 Å². The molecule has 1 aliphatic heterocycles. The van der Waals surface area contributed by atoms with Crippen molar-refractivity contribution in [2.75, 3.05) is 13.1 Å². The molecule has 0 saturated carbocycles. The molecular weight excluding hydrogens is 346 g/mol. The average molecular weight is 367 g/mol. The number of fused-ring (bicyclic) bond motifs is 1. The molecule has 1 N–H and O–H groups in total. The number of piperidine rings is 1. The minimum Gasteiger partial charge on any atom is -0.480 e. The highest BCUT2D eigenvalue weighted by Gasteiger charge is 2.25. The Kier molecular flexibility index (Phi) is 4.72. The van der Waals surface area contributed by atoms with Crippen molar-refractivity contribution in [2.24, 2.45) is 0 Å². The number of carboxylic acids is 1. The van der Waals surface area contributed by atoms with Crippen molar-refractivity contribution >= 4 is 11.6 Å². The highest BCUT2D eigenvalue weighted by molar-refractivity contribution is 5.66. The summed E-state index contributed by atoms with van der Waals surface area (Å²) in [4.78, 5) is 30.2. The van der Waals surface area contributed by atoms with Crippen molar-refractivity contribution in [3.05, 3.63) is 64.5 Å². The molecule has 4 rings (SSSR count). The summed E-state index contributed by atoms with van der Waals surface area (Å²) in [7, 11) is 0. The maximum Gasteiger partial charge on any atom is 0.325 e. The SMILES string of the molecule is O=C(O)Cn1nccc1[C@@H]1CCCN(Cc2cc(=O)n3ccccc3n2)C1. The molecule has 140 valence electrons. The van der Waals surface area contributed by atoms with Crippen LogP contribution in [0.2, 0.25) is 0 Å². The average Bonchev–Trinajstić information content (AvgIpc) is 3.09. The Morgan fingerprint density at radius 1 is 1.30 bits per heavy atom. The minimum absolute atomic E-state index is 0.0799. The summed E-state index contributed by atoms with van der Waals surface area (Å²) in [5, 5.41) is 13.2. The molecule has 27 heavy (non-hydrogen) atoms. The van der Waals surface area contributed by atoms with Crippen LogP contribution in [0.25, 0.3) is 5.65 Å². The standard InChI is InChI=1S/C19H21N5O3/c25-18-10-15(21-17-5-1-2-9-23(17)18)12-22-8-3-4-14(11-22)16-6-7-20-24(16)13-19(26)27/h1-2,5-7,9-10,14H,3-4,8,11-13H2,(H,26,27)/t14-/m1/s1. The maximum atomic E-state index is 12.3. The van der Waals surface area contributed by atoms with E-state index in [9.17, 15) is 9.59 Å². The van der Waals surface area contributed by atoms with Crippen molar-refractivity contribution in [3.8, 4) is 0 Å². The van der Waals surface area contributed by atoms with Crippen LogP contribution in [0.1, 0.15) is 30.1 Å². The largest absolute Gasteiger partial charge is 0.480 e. The molecule has 8 nitrogen and oxygen atoms in total. The number of aliphatic carboxylic acids is 1. The molecular formula is C19H21N5O3. The van der Waals surface area contributed by atoms with E-state index in [0.717, 1.165) is 37.3 Å². The first-order chi connectivity index (χ1) is 13.1. The number of nitrogens with zero attached hydrogens (tertiary/aromatic N) is 5. The van der Waals surface area contributed by atoms with Crippen LogP contribution in [0.15, 0.2) is 47.5 Å². The first kappa shape index (κ1) is 17.4. The van der Waals surface area contributed by atoms with Gasteiger partial charge in [0.25, 0.3) is 5.56 Å². The summed E-state index contributed by atoms with van der Waals surface area (Å²) in [5.74, 6) is -0.671. The Bertz CT molecular complexity index is 1030. The predicted octanol–water partition coefficient (Wildman–Crippen LogP) is 1.36. The van der Waals surface area contributed by atoms with E-state index >= 15 is 0 Å². The van der Waals surface area contributed by atoms with Crippen molar-refractivity contribution in [2.45, 2.75) is 31.8 Å². The van der Waals surface area contributed by atoms with E-state index in [0.29, 0.717) is 12.2 Å². The molecule has 0 amide bonds. The third-order valence-corrected chi connectivity index (χ3v) is 4.97. The van der Waals surface area contributed by atoms with Crippen LogP contribution in [0, 0.1) is 0 Å². The quantitative estimate of drug-likeness (QED) is 0.732. The zero-order valence-corrected chi connectivity index (χ0v) is 14.9. The van der Waals surface area contributed by atoms with E-state index in [2.05, 4.69) is 15.0 Å². The Labute approximate surface area is 155 Å². The minimum atomic E-state index is -0.895. The number of aromatic nitrogens is 4. The first-order valence-corrected chi connectivity index (χ1v) is 9.03. The maximum absolute atomic E-state index is 12.3. The zero-order chi connectivity index (χ0) is 18.8. The van der Waals surface area contributed by atoms with Crippen LogP contribution in [0.5, 0.6) is 0 Å². The zero-order valence-electron chi connectivity index (χ0n) is 14.9. The molecule has 0 bridgehead atoms. The molecule has 1 aliphatic rings. The normalized spacial score (nSPS) is 18.0.